The van der Waals surface area contributed by atoms with E-state index in [2.05, 4.69) is 16.0 Å². The van der Waals surface area contributed by atoms with E-state index >= 15 is 0 Å². The minimum atomic E-state index is -0.134. The Morgan fingerprint density at radius 3 is 2.43 bits per heavy atom. The topological polar surface area (TPSA) is 79.5 Å². The van der Waals surface area contributed by atoms with Crippen LogP contribution in [0.15, 0.2) is 18.2 Å². The van der Waals surface area contributed by atoms with Gasteiger partial charge in [-0.2, -0.15) is 0 Å². The molecule has 1 aromatic rings. The normalized spacial score (nSPS) is 26.2. The second kappa shape index (κ2) is 10.5. The van der Waals surface area contributed by atoms with Gasteiger partial charge in [0.2, 0.25) is 11.8 Å². The molecule has 2 amide bonds. The van der Waals surface area contributed by atoms with Crippen LogP contribution in [0, 0.1) is 11.8 Å². The maximum Gasteiger partial charge on any atom is 0.241 e. The quantitative estimate of drug-likeness (QED) is 0.636. The van der Waals surface area contributed by atoms with Gasteiger partial charge in [0.1, 0.15) is 5.75 Å². The Bertz CT molecular complexity index is 737. The van der Waals surface area contributed by atoms with Crippen molar-refractivity contribution in [1.82, 2.24) is 5.32 Å². The van der Waals surface area contributed by atoms with Gasteiger partial charge < -0.3 is 20.7 Å². The molecule has 3 fully saturated rings. The molecule has 3 aliphatic rings. The number of rotatable bonds is 5. The molecule has 4 rings (SSSR count). The van der Waals surface area contributed by atoms with E-state index in [0.29, 0.717) is 29.1 Å². The van der Waals surface area contributed by atoms with Crippen LogP contribution in [0.4, 0.5) is 11.4 Å². The molecule has 6 nitrogen and oxygen atoms in total. The number of anilines is 2. The van der Waals surface area contributed by atoms with Crippen LogP contribution in [0.2, 0.25) is 0 Å². The lowest BCUT2D eigenvalue weighted by Crippen LogP contribution is -2.39. The third-order valence-corrected chi connectivity index (χ3v) is 6.88. The van der Waals surface area contributed by atoms with Gasteiger partial charge in [-0.1, -0.05) is 32.1 Å². The van der Waals surface area contributed by atoms with Crippen LogP contribution < -0.4 is 20.7 Å². The summed E-state index contributed by atoms with van der Waals surface area (Å²) in [5, 5.41) is 9.57. The molecule has 0 spiro atoms. The molecule has 3 unspecified atom stereocenters. The molecule has 0 bridgehead atoms. The molecule has 1 aromatic carbocycles. The van der Waals surface area contributed by atoms with Gasteiger partial charge in [0.15, 0.2) is 0 Å². The molecule has 30 heavy (non-hydrogen) atoms. The van der Waals surface area contributed by atoms with Crippen molar-refractivity contribution in [2.24, 2.45) is 11.8 Å². The summed E-state index contributed by atoms with van der Waals surface area (Å²) in [5.41, 5.74) is 1.31. The number of halogens is 1. The van der Waals surface area contributed by atoms with Crippen LogP contribution >= 0.6 is 12.4 Å². The van der Waals surface area contributed by atoms with Crippen LogP contribution in [-0.4, -0.2) is 31.0 Å². The van der Waals surface area contributed by atoms with E-state index in [4.69, 9.17) is 4.74 Å². The lowest BCUT2D eigenvalue weighted by molar-refractivity contribution is -0.120. The average Bonchev–Trinajstić information content (AvgIpc) is 3.19. The highest BCUT2D eigenvalue weighted by Gasteiger charge is 2.38. The highest BCUT2D eigenvalue weighted by Crippen LogP contribution is 2.34. The van der Waals surface area contributed by atoms with Gasteiger partial charge in [-0.05, 0) is 56.2 Å². The number of benzene rings is 1. The summed E-state index contributed by atoms with van der Waals surface area (Å²) in [6.45, 7) is 0. The van der Waals surface area contributed by atoms with E-state index in [1.54, 1.807) is 19.2 Å². The molecule has 3 atom stereocenters. The molecular weight excluding hydrogens is 402 g/mol. The molecule has 1 heterocycles. The number of fused-ring (bicyclic) bond motifs is 1. The van der Waals surface area contributed by atoms with Gasteiger partial charge in [0.05, 0.1) is 18.8 Å². The van der Waals surface area contributed by atoms with Crippen molar-refractivity contribution in [2.45, 2.75) is 76.3 Å². The predicted octanol–water partition coefficient (Wildman–Crippen LogP) is 4.50. The second-order valence-electron chi connectivity index (χ2n) is 8.83. The van der Waals surface area contributed by atoms with Crippen molar-refractivity contribution in [3.05, 3.63) is 18.2 Å². The Hall–Kier alpha value is -1.79. The first-order valence-electron chi connectivity index (χ1n) is 11.2. The SMILES string of the molecule is COc1ccc(NC(=O)C2CC3CCCCC3N2)cc1NC(=O)C1CCCCC1.Cl. The fourth-order valence-corrected chi connectivity index (χ4v) is 5.23. The first-order chi connectivity index (χ1) is 14.1. The highest BCUT2D eigenvalue weighted by atomic mass is 35.5. The number of amides is 2. The third-order valence-electron chi connectivity index (χ3n) is 6.88. The minimum absolute atomic E-state index is 0. The van der Waals surface area contributed by atoms with E-state index in [9.17, 15) is 9.59 Å². The summed E-state index contributed by atoms with van der Waals surface area (Å²) < 4.78 is 5.42. The molecule has 2 saturated carbocycles. The van der Waals surface area contributed by atoms with Crippen molar-refractivity contribution in [3.8, 4) is 5.75 Å². The van der Waals surface area contributed by atoms with Gasteiger partial charge in [0, 0.05) is 17.6 Å². The van der Waals surface area contributed by atoms with E-state index in [0.717, 1.165) is 32.1 Å². The van der Waals surface area contributed by atoms with E-state index in [-0.39, 0.29) is 36.2 Å². The van der Waals surface area contributed by atoms with Crippen LogP contribution in [-0.2, 0) is 9.59 Å². The number of nitrogens with one attached hydrogen (secondary N) is 3. The zero-order valence-corrected chi connectivity index (χ0v) is 18.6. The lowest BCUT2D eigenvalue weighted by Gasteiger charge is -2.24. The molecule has 7 heteroatoms. The van der Waals surface area contributed by atoms with Crippen molar-refractivity contribution in [1.29, 1.82) is 0 Å². The maximum absolute atomic E-state index is 12.8. The summed E-state index contributed by atoms with van der Waals surface area (Å²) in [4.78, 5) is 25.5. The van der Waals surface area contributed by atoms with Crippen molar-refractivity contribution >= 4 is 35.6 Å². The van der Waals surface area contributed by atoms with Gasteiger partial charge >= 0.3 is 0 Å². The molecule has 1 saturated heterocycles. The summed E-state index contributed by atoms with van der Waals surface area (Å²) in [5.74, 6) is 1.36. The van der Waals surface area contributed by atoms with Crippen LogP contribution in [0.1, 0.15) is 64.2 Å². The second-order valence-corrected chi connectivity index (χ2v) is 8.83. The van der Waals surface area contributed by atoms with Gasteiger partial charge in [-0.3, -0.25) is 9.59 Å². The van der Waals surface area contributed by atoms with E-state index in [1.165, 1.54) is 32.1 Å². The zero-order chi connectivity index (χ0) is 20.2. The highest BCUT2D eigenvalue weighted by molar-refractivity contribution is 5.98. The number of ether oxygens (including phenoxy) is 1. The number of carbonyl (C=O) groups excluding carboxylic acids is 2. The lowest BCUT2D eigenvalue weighted by atomic mass is 9.85. The monoisotopic (exact) mass is 435 g/mol. The number of methoxy groups -OCH3 is 1. The Morgan fingerprint density at radius 1 is 0.967 bits per heavy atom. The summed E-state index contributed by atoms with van der Waals surface area (Å²) in [6, 6.07) is 5.79. The fraction of sp³-hybridized carbons (Fsp3) is 0.652. The summed E-state index contributed by atoms with van der Waals surface area (Å²) >= 11 is 0. The molecule has 3 N–H and O–H groups in total. The number of carbonyl (C=O) groups is 2. The maximum atomic E-state index is 12.8. The number of hydrogen-bond donors (Lipinski definition) is 3. The predicted molar refractivity (Wildman–Crippen MR) is 121 cm³/mol. The molecule has 166 valence electrons. The van der Waals surface area contributed by atoms with Gasteiger partial charge in [0.25, 0.3) is 0 Å². The molecular formula is C23H34ClN3O3. The van der Waals surface area contributed by atoms with Crippen molar-refractivity contribution < 1.29 is 14.3 Å². The van der Waals surface area contributed by atoms with Crippen molar-refractivity contribution in [3.63, 3.8) is 0 Å². The smallest absolute Gasteiger partial charge is 0.241 e. The minimum Gasteiger partial charge on any atom is -0.495 e. The van der Waals surface area contributed by atoms with E-state index < -0.39 is 0 Å². The van der Waals surface area contributed by atoms with Crippen LogP contribution in [0.25, 0.3) is 0 Å². The molecule has 2 aliphatic carbocycles. The fourth-order valence-electron chi connectivity index (χ4n) is 5.23. The Balaban J connectivity index is 0.00000256. The third kappa shape index (κ3) is 5.27. The van der Waals surface area contributed by atoms with Crippen LogP contribution in [0.5, 0.6) is 5.75 Å². The summed E-state index contributed by atoms with van der Waals surface area (Å²) in [7, 11) is 1.59. The molecule has 0 radical (unpaired) electrons. The first-order valence-corrected chi connectivity index (χ1v) is 11.2. The largest absolute Gasteiger partial charge is 0.495 e. The first kappa shape index (κ1) is 22.9. The van der Waals surface area contributed by atoms with Gasteiger partial charge in [-0.25, -0.2) is 0 Å². The Kier molecular flexibility index (Phi) is 8.00. The Morgan fingerprint density at radius 2 is 1.70 bits per heavy atom. The van der Waals surface area contributed by atoms with E-state index in [1.807, 2.05) is 6.07 Å². The standard InChI is InChI=1S/C23H33N3O3.ClH/c1-29-21-12-11-17(14-19(21)26-22(27)15-7-3-2-4-8-15)24-23(28)20-13-16-9-5-6-10-18(16)25-20;/h11-12,14-16,18,20,25H,2-10,13H2,1H3,(H,24,28)(H,26,27);1H. The average molecular weight is 436 g/mol. The summed E-state index contributed by atoms with van der Waals surface area (Å²) in [6.07, 6.45) is 11.2. The van der Waals surface area contributed by atoms with Crippen molar-refractivity contribution in [2.75, 3.05) is 17.7 Å². The van der Waals surface area contributed by atoms with Crippen LogP contribution in [0.3, 0.4) is 0 Å². The Labute approximate surface area is 185 Å². The molecule has 1 aliphatic heterocycles. The van der Waals surface area contributed by atoms with Gasteiger partial charge in [-0.15, -0.1) is 12.4 Å². The molecule has 0 aromatic heterocycles. The zero-order valence-electron chi connectivity index (χ0n) is 17.7. The number of hydrogen-bond acceptors (Lipinski definition) is 4.